The summed E-state index contributed by atoms with van der Waals surface area (Å²) in [7, 11) is 0. The Bertz CT molecular complexity index is 776. The maximum Gasteiger partial charge on any atom is 0.356 e. The third-order valence-electron chi connectivity index (χ3n) is 3.09. The highest BCUT2D eigenvalue weighted by molar-refractivity contribution is 7.13. The summed E-state index contributed by atoms with van der Waals surface area (Å²) in [6.07, 6.45) is 0. The second-order valence-electron chi connectivity index (χ2n) is 4.54. The van der Waals surface area contributed by atoms with Crippen LogP contribution in [0.3, 0.4) is 0 Å². The number of nitrogens with zero attached hydrogens (tertiary/aromatic N) is 2. The van der Waals surface area contributed by atoms with Crippen LogP contribution in [-0.2, 0) is 0 Å². The number of hydrogen-bond donors (Lipinski definition) is 1. The molecular formula is C16H14N2O3S. The van der Waals surface area contributed by atoms with Crippen molar-refractivity contribution in [3.63, 3.8) is 0 Å². The molecule has 1 N–H and O–H groups in total. The molecule has 0 aliphatic rings. The van der Waals surface area contributed by atoms with Gasteiger partial charge in [-0.2, -0.15) is 5.10 Å². The van der Waals surface area contributed by atoms with Gasteiger partial charge in [0, 0.05) is 6.07 Å². The lowest BCUT2D eigenvalue weighted by molar-refractivity contribution is 0.0690. The third-order valence-corrected chi connectivity index (χ3v) is 3.99. The Kier molecular flexibility index (Phi) is 3.93. The number of hydrogen-bond acceptors (Lipinski definition) is 4. The molecule has 0 amide bonds. The summed E-state index contributed by atoms with van der Waals surface area (Å²) in [4.78, 5) is 12.2. The summed E-state index contributed by atoms with van der Waals surface area (Å²) in [5.41, 5.74) is 1.58. The lowest BCUT2D eigenvalue weighted by Gasteiger charge is -2.07. The predicted octanol–water partition coefficient (Wildman–Crippen LogP) is 3.70. The van der Waals surface area contributed by atoms with Crippen molar-refractivity contribution in [2.24, 2.45) is 0 Å². The van der Waals surface area contributed by atoms with Crippen LogP contribution in [-0.4, -0.2) is 27.5 Å². The van der Waals surface area contributed by atoms with Gasteiger partial charge in [-0.1, -0.05) is 6.07 Å². The van der Waals surface area contributed by atoms with Crippen molar-refractivity contribution in [1.29, 1.82) is 0 Å². The first kappa shape index (κ1) is 14.3. The fourth-order valence-electron chi connectivity index (χ4n) is 2.13. The van der Waals surface area contributed by atoms with E-state index in [1.165, 1.54) is 0 Å². The number of carbonyl (C=O) groups is 1. The summed E-state index contributed by atoms with van der Waals surface area (Å²) in [5, 5.41) is 15.3. The van der Waals surface area contributed by atoms with Crippen LogP contribution in [0.1, 0.15) is 17.4 Å². The molecular weight excluding hydrogens is 300 g/mol. The molecule has 112 valence electrons. The molecule has 0 bridgehead atoms. The molecule has 2 heterocycles. The van der Waals surface area contributed by atoms with E-state index in [1.807, 2.05) is 48.7 Å². The van der Waals surface area contributed by atoms with Crippen LogP contribution in [0.2, 0.25) is 0 Å². The van der Waals surface area contributed by atoms with Gasteiger partial charge in [0.05, 0.1) is 22.9 Å². The minimum atomic E-state index is -1.04. The van der Waals surface area contributed by atoms with Crippen LogP contribution in [0, 0.1) is 0 Å². The highest BCUT2D eigenvalue weighted by Crippen LogP contribution is 2.28. The van der Waals surface area contributed by atoms with Gasteiger partial charge in [0.25, 0.3) is 0 Å². The van der Waals surface area contributed by atoms with Crippen molar-refractivity contribution in [1.82, 2.24) is 9.78 Å². The average Bonchev–Trinajstić information content (AvgIpc) is 3.17. The van der Waals surface area contributed by atoms with Crippen molar-refractivity contribution >= 4 is 17.3 Å². The molecule has 3 rings (SSSR count). The second-order valence-corrected chi connectivity index (χ2v) is 5.48. The van der Waals surface area contributed by atoms with E-state index in [0.717, 1.165) is 22.0 Å². The number of ether oxygens (including phenoxy) is 1. The van der Waals surface area contributed by atoms with Gasteiger partial charge < -0.3 is 9.84 Å². The third kappa shape index (κ3) is 2.73. The van der Waals surface area contributed by atoms with Crippen LogP contribution in [0.5, 0.6) is 5.75 Å². The zero-order chi connectivity index (χ0) is 15.5. The molecule has 1 aromatic carbocycles. The fourth-order valence-corrected chi connectivity index (χ4v) is 2.86. The normalized spacial score (nSPS) is 10.6. The molecule has 0 fully saturated rings. The van der Waals surface area contributed by atoms with Crippen molar-refractivity contribution < 1.29 is 14.6 Å². The van der Waals surface area contributed by atoms with Crippen molar-refractivity contribution in [2.45, 2.75) is 6.92 Å². The number of rotatable bonds is 5. The van der Waals surface area contributed by atoms with E-state index in [1.54, 1.807) is 22.1 Å². The van der Waals surface area contributed by atoms with Crippen molar-refractivity contribution in [3.05, 3.63) is 53.5 Å². The predicted molar refractivity (Wildman–Crippen MR) is 85.0 cm³/mol. The van der Waals surface area contributed by atoms with Crippen LogP contribution in [0.25, 0.3) is 16.3 Å². The largest absolute Gasteiger partial charge is 0.494 e. The van der Waals surface area contributed by atoms with Gasteiger partial charge in [-0.3, -0.25) is 0 Å². The number of aromatic carboxylic acids is 1. The lowest BCUT2D eigenvalue weighted by atomic mass is 10.2. The quantitative estimate of drug-likeness (QED) is 0.780. The molecule has 0 spiro atoms. The monoisotopic (exact) mass is 314 g/mol. The summed E-state index contributed by atoms with van der Waals surface area (Å²) in [5.74, 6) is -0.267. The highest BCUT2D eigenvalue weighted by Gasteiger charge is 2.16. The van der Waals surface area contributed by atoms with Crippen LogP contribution in [0.4, 0.5) is 0 Å². The summed E-state index contributed by atoms with van der Waals surface area (Å²) in [6.45, 7) is 2.53. The van der Waals surface area contributed by atoms with E-state index in [4.69, 9.17) is 4.74 Å². The Labute approximate surface area is 131 Å². The van der Waals surface area contributed by atoms with Gasteiger partial charge in [-0.15, -0.1) is 11.3 Å². The van der Waals surface area contributed by atoms with Crippen LogP contribution >= 0.6 is 11.3 Å². The van der Waals surface area contributed by atoms with E-state index in [9.17, 15) is 9.90 Å². The topological polar surface area (TPSA) is 64.4 Å². The SMILES string of the molecule is CCOc1ccc(-n2nc(C(=O)O)cc2-c2cccs2)cc1. The number of aromatic nitrogens is 2. The Hall–Kier alpha value is -2.60. The van der Waals surface area contributed by atoms with Gasteiger partial charge >= 0.3 is 5.97 Å². The number of carboxylic acids is 1. The van der Waals surface area contributed by atoms with Gasteiger partial charge in [0.1, 0.15) is 5.75 Å². The first-order chi connectivity index (χ1) is 10.7. The molecule has 22 heavy (non-hydrogen) atoms. The highest BCUT2D eigenvalue weighted by atomic mass is 32.1. The Balaban J connectivity index is 2.07. The van der Waals surface area contributed by atoms with Gasteiger partial charge in [-0.05, 0) is 42.6 Å². The van der Waals surface area contributed by atoms with E-state index >= 15 is 0 Å². The molecule has 2 aromatic heterocycles. The molecule has 0 aliphatic carbocycles. The van der Waals surface area contributed by atoms with Crippen molar-refractivity contribution in [3.8, 4) is 22.0 Å². The Morgan fingerprint density at radius 3 is 2.68 bits per heavy atom. The smallest absolute Gasteiger partial charge is 0.356 e. The van der Waals surface area contributed by atoms with Gasteiger partial charge in [0.2, 0.25) is 0 Å². The molecule has 0 aliphatic heterocycles. The second kappa shape index (κ2) is 6.03. The first-order valence-corrected chi connectivity index (χ1v) is 7.67. The minimum Gasteiger partial charge on any atom is -0.494 e. The first-order valence-electron chi connectivity index (χ1n) is 6.79. The maximum atomic E-state index is 11.2. The Morgan fingerprint density at radius 1 is 1.32 bits per heavy atom. The van der Waals surface area contributed by atoms with Crippen LogP contribution < -0.4 is 4.74 Å². The molecule has 0 saturated heterocycles. The standard InChI is InChI=1S/C16H14N2O3S/c1-2-21-12-7-5-11(6-8-12)18-14(15-4-3-9-22-15)10-13(17-18)16(19)20/h3-10H,2H2,1H3,(H,19,20). The Morgan fingerprint density at radius 2 is 2.09 bits per heavy atom. The van der Waals surface area contributed by atoms with E-state index in [0.29, 0.717) is 6.61 Å². The molecule has 0 unspecified atom stereocenters. The average molecular weight is 314 g/mol. The van der Waals surface area contributed by atoms with Crippen molar-refractivity contribution in [2.75, 3.05) is 6.61 Å². The van der Waals surface area contributed by atoms with E-state index < -0.39 is 5.97 Å². The minimum absolute atomic E-state index is 0.0253. The molecule has 6 heteroatoms. The summed E-state index contributed by atoms with van der Waals surface area (Å²) >= 11 is 1.54. The maximum absolute atomic E-state index is 11.2. The fraction of sp³-hybridized carbons (Fsp3) is 0.125. The van der Waals surface area contributed by atoms with Gasteiger partial charge in [0.15, 0.2) is 5.69 Å². The molecule has 0 saturated carbocycles. The lowest BCUT2D eigenvalue weighted by Crippen LogP contribution is -2.02. The molecule has 5 nitrogen and oxygen atoms in total. The van der Waals surface area contributed by atoms with E-state index in [-0.39, 0.29) is 5.69 Å². The molecule has 0 atom stereocenters. The summed E-state index contributed by atoms with van der Waals surface area (Å²) < 4.78 is 7.06. The molecule has 0 radical (unpaired) electrons. The van der Waals surface area contributed by atoms with E-state index in [2.05, 4.69) is 5.10 Å². The number of benzene rings is 1. The summed E-state index contributed by atoms with van der Waals surface area (Å²) in [6, 6.07) is 12.9. The molecule has 3 aromatic rings. The van der Waals surface area contributed by atoms with Gasteiger partial charge in [-0.25, -0.2) is 9.48 Å². The number of carboxylic acid groups (broad SMARTS) is 1. The number of thiophene rings is 1. The van der Waals surface area contributed by atoms with Crippen LogP contribution in [0.15, 0.2) is 47.8 Å². The zero-order valence-electron chi connectivity index (χ0n) is 11.9. The zero-order valence-corrected chi connectivity index (χ0v) is 12.7.